The van der Waals surface area contributed by atoms with Crippen LogP contribution in [-0.4, -0.2) is 30.1 Å². The third-order valence-corrected chi connectivity index (χ3v) is 4.37. The van der Waals surface area contributed by atoms with Gasteiger partial charge in [0.25, 0.3) is 5.91 Å². The van der Waals surface area contributed by atoms with Crippen LogP contribution in [0, 0.1) is 23.4 Å². The molecule has 0 spiro atoms. The highest BCUT2D eigenvalue weighted by molar-refractivity contribution is 5.89. The molecule has 142 valence electrons. The Balaban J connectivity index is 1.84. The maximum absolute atomic E-state index is 13.4. The molecule has 0 radical (unpaired) electrons. The van der Waals surface area contributed by atoms with Crippen LogP contribution in [0.25, 0.3) is 11.1 Å². The van der Waals surface area contributed by atoms with Crippen LogP contribution in [0.1, 0.15) is 11.6 Å². The second-order valence-corrected chi connectivity index (χ2v) is 6.15. The molecule has 1 fully saturated rings. The van der Waals surface area contributed by atoms with Crippen molar-refractivity contribution in [3.8, 4) is 11.1 Å². The van der Waals surface area contributed by atoms with Gasteiger partial charge in [0.1, 0.15) is 6.04 Å². The summed E-state index contributed by atoms with van der Waals surface area (Å²) in [6.07, 6.45) is 0. The molecule has 1 unspecified atom stereocenters. The molecular weight excluding hydrogens is 363 g/mol. The smallest absolute Gasteiger partial charge is 0.270 e. The van der Waals surface area contributed by atoms with E-state index in [0.29, 0.717) is 24.2 Å². The molecule has 0 aromatic heterocycles. The quantitative estimate of drug-likeness (QED) is 0.361. The molecule has 0 saturated carbocycles. The number of carbonyl (C=O) groups excluding carboxylic acids is 2. The first-order valence-corrected chi connectivity index (χ1v) is 8.10. The number of hydroxylamine groups is 1. The number of amides is 2. The first kappa shape index (κ1) is 18.9. The van der Waals surface area contributed by atoms with Crippen molar-refractivity contribution in [2.24, 2.45) is 5.92 Å². The minimum absolute atomic E-state index is 0.116. The molecule has 0 aliphatic carbocycles. The van der Waals surface area contributed by atoms with E-state index in [4.69, 9.17) is 5.21 Å². The number of rotatable bonds is 5. The Bertz CT molecular complexity index is 847. The Labute approximate surface area is 152 Å². The van der Waals surface area contributed by atoms with Crippen LogP contribution in [0.2, 0.25) is 0 Å². The van der Waals surface area contributed by atoms with Crippen molar-refractivity contribution >= 4 is 11.8 Å². The summed E-state index contributed by atoms with van der Waals surface area (Å²) in [6, 6.07) is 6.44. The van der Waals surface area contributed by atoms with Gasteiger partial charge in [0, 0.05) is 13.1 Å². The lowest BCUT2D eigenvalue weighted by Gasteiger charge is -2.28. The Morgan fingerprint density at radius 1 is 1.04 bits per heavy atom. The van der Waals surface area contributed by atoms with Gasteiger partial charge in [-0.1, -0.05) is 24.3 Å². The van der Waals surface area contributed by atoms with Crippen LogP contribution in [0.5, 0.6) is 0 Å². The van der Waals surface area contributed by atoms with Gasteiger partial charge in [0.15, 0.2) is 17.5 Å². The Morgan fingerprint density at radius 3 is 2.11 bits per heavy atom. The molecule has 6 nitrogen and oxygen atoms in total. The summed E-state index contributed by atoms with van der Waals surface area (Å²) in [4.78, 5) is 24.0. The van der Waals surface area contributed by atoms with E-state index in [2.05, 4.69) is 10.6 Å². The normalized spacial score (nSPS) is 15.0. The molecule has 27 heavy (non-hydrogen) atoms. The van der Waals surface area contributed by atoms with Crippen LogP contribution in [-0.2, 0) is 9.59 Å². The van der Waals surface area contributed by atoms with E-state index in [1.54, 1.807) is 0 Å². The van der Waals surface area contributed by atoms with E-state index in [0.717, 1.165) is 12.1 Å². The zero-order valence-electron chi connectivity index (χ0n) is 13.9. The predicted octanol–water partition coefficient (Wildman–Crippen LogP) is 1.65. The highest BCUT2D eigenvalue weighted by Crippen LogP contribution is 2.25. The van der Waals surface area contributed by atoms with Gasteiger partial charge in [-0.25, -0.2) is 18.7 Å². The molecule has 1 atom stereocenters. The standard InChI is InChI=1S/C18H16F3N3O3/c19-13-5-11(6-14(20)15(13)21)9-1-3-10(4-2-9)16(18(26)24-27)23-17(25)12-7-22-8-12/h1-6,12,16,22,27H,7-8H2,(H,23,25)(H,24,26). The van der Waals surface area contributed by atoms with E-state index in [9.17, 15) is 22.8 Å². The third kappa shape index (κ3) is 3.93. The highest BCUT2D eigenvalue weighted by atomic mass is 19.2. The summed E-state index contributed by atoms with van der Waals surface area (Å²) in [5.41, 5.74) is 2.36. The van der Waals surface area contributed by atoms with Crippen LogP contribution >= 0.6 is 0 Å². The minimum atomic E-state index is -1.55. The second kappa shape index (κ2) is 7.77. The molecule has 2 amide bonds. The van der Waals surface area contributed by atoms with Crippen molar-refractivity contribution in [2.45, 2.75) is 6.04 Å². The number of carbonyl (C=O) groups is 2. The first-order chi connectivity index (χ1) is 12.9. The van der Waals surface area contributed by atoms with Gasteiger partial charge in [-0.05, 0) is 28.8 Å². The first-order valence-electron chi connectivity index (χ1n) is 8.10. The largest absolute Gasteiger partial charge is 0.340 e. The average molecular weight is 379 g/mol. The molecule has 3 rings (SSSR count). The number of halogens is 3. The van der Waals surface area contributed by atoms with Crippen molar-refractivity contribution in [1.82, 2.24) is 16.1 Å². The molecule has 2 aromatic carbocycles. The van der Waals surface area contributed by atoms with Crippen molar-refractivity contribution < 1.29 is 28.0 Å². The van der Waals surface area contributed by atoms with E-state index in [-0.39, 0.29) is 17.4 Å². The van der Waals surface area contributed by atoms with Crippen molar-refractivity contribution in [2.75, 3.05) is 13.1 Å². The van der Waals surface area contributed by atoms with E-state index in [1.807, 2.05) is 0 Å². The summed E-state index contributed by atoms with van der Waals surface area (Å²) in [5.74, 6) is -5.61. The van der Waals surface area contributed by atoms with Gasteiger partial charge in [-0.2, -0.15) is 0 Å². The zero-order chi connectivity index (χ0) is 19.6. The third-order valence-electron chi connectivity index (χ3n) is 4.37. The van der Waals surface area contributed by atoms with Gasteiger partial charge >= 0.3 is 0 Å². The number of hydrogen-bond donors (Lipinski definition) is 4. The number of benzene rings is 2. The van der Waals surface area contributed by atoms with Gasteiger partial charge in [-0.15, -0.1) is 0 Å². The lowest BCUT2D eigenvalue weighted by atomic mass is 9.98. The lowest BCUT2D eigenvalue weighted by molar-refractivity contribution is -0.136. The fraction of sp³-hybridized carbons (Fsp3) is 0.222. The molecule has 1 heterocycles. The summed E-state index contributed by atoms with van der Waals surface area (Å²) < 4.78 is 39.9. The van der Waals surface area contributed by atoms with Gasteiger partial charge in [-0.3, -0.25) is 14.8 Å². The van der Waals surface area contributed by atoms with E-state index in [1.165, 1.54) is 29.7 Å². The summed E-state index contributed by atoms with van der Waals surface area (Å²) >= 11 is 0. The molecule has 2 aromatic rings. The maximum atomic E-state index is 13.4. The zero-order valence-corrected chi connectivity index (χ0v) is 13.9. The molecule has 1 aliphatic rings. The molecular formula is C18H16F3N3O3. The fourth-order valence-corrected chi connectivity index (χ4v) is 2.69. The minimum Gasteiger partial charge on any atom is -0.340 e. The van der Waals surface area contributed by atoms with Gasteiger partial charge in [0.05, 0.1) is 5.92 Å². The topological polar surface area (TPSA) is 90.5 Å². The Morgan fingerprint density at radius 2 is 1.63 bits per heavy atom. The SMILES string of the molecule is O=C(NC(C(=O)NO)c1ccc(-c2cc(F)c(F)c(F)c2)cc1)C1CNC1. The van der Waals surface area contributed by atoms with Crippen LogP contribution in [0.4, 0.5) is 13.2 Å². The average Bonchev–Trinajstić information content (AvgIpc) is 2.62. The van der Waals surface area contributed by atoms with E-state index >= 15 is 0 Å². The van der Waals surface area contributed by atoms with E-state index < -0.39 is 29.4 Å². The summed E-state index contributed by atoms with van der Waals surface area (Å²) in [7, 11) is 0. The number of hydrogen-bond acceptors (Lipinski definition) is 4. The van der Waals surface area contributed by atoms with Crippen molar-refractivity contribution in [3.05, 3.63) is 59.4 Å². The second-order valence-electron chi connectivity index (χ2n) is 6.15. The van der Waals surface area contributed by atoms with Gasteiger partial charge < -0.3 is 10.6 Å². The molecule has 4 N–H and O–H groups in total. The fourth-order valence-electron chi connectivity index (χ4n) is 2.69. The highest BCUT2D eigenvalue weighted by Gasteiger charge is 2.30. The van der Waals surface area contributed by atoms with Crippen LogP contribution in [0.3, 0.4) is 0 Å². The maximum Gasteiger partial charge on any atom is 0.270 e. The molecule has 9 heteroatoms. The monoisotopic (exact) mass is 379 g/mol. The lowest BCUT2D eigenvalue weighted by Crippen LogP contribution is -2.52. The molecule has 0 bridgehead atoms. The number of nitrogens with one attached hydrogen (secondary N) is 3. The van der Waals surface area contributed by atoms with Crippen LogP contribution < -0.4 is 16.1 Å². The van der Waals surface area contributed by atoms with Crippen molar-refractivity contribution in [1.29, 1.82) is 0 Å². The van der Waals surface area contributed by atoms with Crippen molar-refractivity contribution in [3.63, 3.8) is 0 Å². The summed E-state index contributed by atoms with van der Waals surface area (Å²) in [6.45, 7) is 1.000. The van der Waals surface area contributed by atoms with Crippen LogP contribution in [0.15, 0.2) is 36.4 Å². The Hall–Kier alpha value is -2.91. The molecule has 1 saturated heterocycles. The van der Waals surface area contributed by atoms with Gasteiger partial charge in [0.2, 0.25) is 5.91 Å². The summed E-state index contributed by atoms with van der Waals surface area (Å²) in [5, 5.41) is 14.4. The Kier molecular flexibility index (Phi) is 5.43. The molecule has 1 aliphatic heterocycles. The predicted molar refractivity (Wildman–Crippen MR) is 88.9 cm³/mol.